The molecule has 2 aromatic carbocycles. The van der Waals surface area contributed by atoms with Crippen molar-refractivity contribution in [2.75, 3.05) is 21.3 Å². The summed E-state index contributed by atoms with van der Waals surface area (Å²) < 4.78 is 48.2. The number of carbonyl (C=O) groups excluding carboxylic acids is 1. The Balaban J connectivity index is 2.04. The summed E-state index contributed by atoms with van der Waals surface area (Å²) in [6.45, 7) is 0.195. The van der Waals surface area contributed by atoms with Gasteiger partial charge in [0.05, 0.1) is 19.8 Å². The van der Waals surface area contributed by atoms with Gasteiger partial charge in [-0.25, -0.2) is 0 Å². The maximum Gasteiger partial charge on any atom is 0.416 e. The van der Waals surface area contributed by atoms with Crippen molar-refractivity contribution in [1.29, 1.82) is 0 Å². The summed E-state index contributed by atoms with van der Waals surface area (Å²) in [5, 5.41) is 0. The second-order valence-corrected chi connectivity index (χ2v) is 5.83. The minimum Gasteiger partial charge on any atom is -0.497 e. The third-order valence-electron chi connectivity index (χ3n) is 3.92. The first kappa shape index (κ1) is 20.4. The molecule has 27 heavy (non-hydrogen) atoms. The molecule has 0 heterocycles. The molecule has 2 aromatic rings. The number of likely N-dealkylation sites (N-methyl/N-ethyl adjacent to an activating group) is 1. The van der Waals surface area contributed by atoms with Gasteiger partial charge in [0.2, 0.25) is 5.91 Å². The van der Waals surface area contributed by atoms with Crippen molar-refractivity contribution in [2.24, 2.45) is 0 Å². The quantitative estimate of drug-likeness (QED) is 0.699. The highest BCUT2D eigenvalue weighted by molar-refractivity contribution is 5.92. The Morgan fingerprint density at radius 1 is 1.07 bits per heavy atom. The molecule has 2 rings (SSSR count). The molecule has 0 fully saturated rings. The van der Waals surface area contributed by atoms with Crippen LogP contribution in [0.25, 0.3) is 6.08 Å². The number of hydrogen-bond acceptors (Lipinski definition) is 3. The molecule has 0 radical (unpaired) electrons. The highest BCUT2D eigenvalue weighted by Gasteiger charge is 2.29. The summed E-state index contributed by atoms with van der Waals surface area (Å²) >= 11 is 0. The molecular weight excluding hydrogens is 359 g/mol. The number of nitrogens with zero attached hydrogens (tertiary/aromatic N) is 1. The van der Waals surface area contributed by atoms with E-state index in [4.69, 9.17) is 9.47 Å². The van der Waals surface area contributed by atoms with Crippen LogP contribution in [0, 0.1) is 0 Å². The number of carbonyl (C=O) groups is 1. The van der Waals surface area contributed by atoms with Crippen LogP contribution in [-0.2, 0) is 17.5 Å². The van der Waals surface area contributed by atoms with Crippen LogP contribution in [-0.4, -0.2) is 32.1 Å². The van der Waals surface area contributed by atoms with E-state index in [0.29, 0.717) is 22.6 Å². The van der Waals surface area contributed by atoms with Crippen molar-refractivity contribution < 1.29 is 27.4 Å². The molecule has 0 atom stereocenters. The third-order valence-corrected chi connectivity index (χ3v) is 3.92. The standard InChI is InChI=1S/C20H20F3NO3/c1-24(13-14-4-8-16(9-5-14)20(21,22)23)19(25)11-7-15-6-10-17(26-2)12-18(15)27-3/h4-12H,13H2,1-3H3. The molecule has 0 bridgehead atoms. The van der Waals surface area contributed by atoms with E-state index in [1.807, 2.05) is 0 Å². The van der Waals surface area contributed by atoms with Gasteiger partial charge in [0.15, 0.2) is 0 Å². The van der Waals surface area contributed by atoms with Crippen LogP contribution in [0.4, 0.5) is 13.2 Å². The van der Waals surface area contributed by atoms with Crippen molar-refractivity contribution in [3.05, 3.63) is 65.2 Å². The summed E-state index contributed by atoms with van der Waals surface area (Å²) in [6, 6.07) is 9.95. The summed E-state index contributed by atoms with van der Waals surface area (Å²) in [5.41, 5.74) is 0.593. The molecule has 0 spiro atoms. The van der Waals surface area contributed by atoms with E-state index in [2.05, 4.69) is 0 Å². The van der Waals surface area contributed by atoms with Crippen LogP contribution >= 0.6 is 0 Å². The van der Waals surface area contributed by atoms with Gasteiger partial charge in [-0.2, -0.15) is 13.2 Å². The van der Waals surface area contributed by atoms with Crippen molar-refractivity contribution in [3.8, 4) is 11.5 Å². The Kier molecular flexibility index (Phi) is 6.50. The molecular formula is C20H20F3NO3. The van der Waals surface area contributed by atoms with Gasteiger partial charge < -0.3 is 14.4 Å². The number of benzene rings is 2. The normalized spacial score (nSPS) is 11.5. The molecule has 0 saturated heterocycles. The molecule has 0 aliphatic heterocycles. The van der Waals surface area contributed by atoms with E-state index in [1.54, 1.807) is 38.4 Å². The SMILES string of the molecule is COc1ccc(C=CC(=O)N(C)Cc2ccc(C(F)(F)F)cc2)c(OC)c1. The molecule has 0 unspecified atom stereocenters. The fourth-order valence-corrected chi connectivity index (χ4v) is 2.40. The van der Waals surface area contributed by atoms with E-state index in [1.165, 1.54) is 30.2 Å². The highest BCUT2D eigenvalue weighted by atomic mass is 19.4. The van der Waals surface area contributed by atoms with Gasteiger partial charge in [-0.1, -0.05) is 12.1 Å². The molecule has 7 heteroatoms. The first-order chi connectivity index (χ1) is 12.7. The second-order valence-electron chi connectivity index (χ2n) is 5.83. The fourth-order valence-electron chi connectivity index (χ4n) is 2.40. The van der Waals surface area contributed by atoms with Gasteiger partial charge in [-0.05, 0) is 35.9 Å². The second kappa shape index (κ2) is 8.62. The lowest BCUT2D eigenvalue weighted by atomic mass is 10.1. The Bertz CT molecular complexity index is 814. The Morgan fingerprint density at radius 2 is 1.74 bits per heavy atom. The van der Waals surface area contributed by atoms with Gasteiger partial charge in [0.25, 0.3) is 0 Å². The van der Waals surface area contributed by atoms with Crippen molar-refractivity contribution in [2.45, 2.75) is 12.7 Å². The maximum absolute atomic E-state index is 12.6. The monoisotopic (exact) mass is 379 g/mol. The fraction of sp³-hybridized carbons (Fsp3) is 0.250. The predicted molar refractivity (Wildman–Crippen MR) is 96.5 cm³/mol. The van der Waals surface area contributed by atoms with Crippen molar-refractivity contribution >= 4 is 12.0 Å². The van der Waals surface area contributed by atoms with Crippen molar-refractivity contribution in [3.63, 3.8) is 0 Å². The summed E-state index contributed by atoms with van der Waals surface area (Å²) in [4.78, 5) is 13.7. The molecule has 1 amide bonds. The average molecular weight is 379 g/mol. The van der Waals surface area contributed by atoms with Crippen LogP contribution < -0.4 is 9.47 Å². The van der Waals surface area contributed by atoms with Gasteiger partial charge in [-0.15, -0.1) is 0 Å². The lowest BCUT2D eigenvalue weighted by Crippen LogP contribution is -2.24. The number of hydrogen-bond donors (Lipinski definition) is 0. The summed E-state index contributed by atoms with van der Waals surface area (Å²) in [6.07, 6.45) is -1.38. The summed E-state index contributed by atoms with van der Waals surface area (Å²) in [5.74, 6) is 0.909. The average Bonchev–Trinajstić information content (AvgIpc) is 2.65. The minimum atomic E-state index is -4.37. The Hall–Kier alpha value is -2.96. The number of halogens is 3. The number of alkyl halides is 3. The molecule has 0 aliphatic carbocycles. The highest BCUT2D eigenvalue weighted by Crippen LogP contribution is 2.29. The molecule has 144 valence electrons. The number of rotatable bonds is 6. The Morgan fingerprint density at radius 3 is 2.30 bits per heavy atom. The van der Waals surface area contributed by atoms with E-state index in [0.717, 1.165) is 12.1 Å². The van der Waals surface area contributed by atoms with Crippen LogP contribution in [0.1, 0.15) is 16.7 Å². The molecule has 0 N–H and O–H groups in total. The number of methoxy groups -OCH3 is 2. The first-order valence-corrected chi connectivity index (χ1v) is 8.06. The van der Waals surface area contributed by atoms with Crippen LogP contribution in [0.5, 0.6) is 11.5 Å². The number of ether oxygens (including phenoxy) is 2. The van der Waals surface area contributed by atoms with E-state index in [-0.39, 0.29) is 12.5 Å². The van der Waals surface area contributed by atoms with E-state index in [9.17, 15) is 18.0 Å². The van der Waals surface area contributed by atoms with Gasteiger partial charge in [0.1, 0.15) is 11.5 Å². The van der Waals surface area contributed by atoms with Crippen molar-refractivity contribution in [1.82, 2.24) is 4.90 Å². The zero-order valence-corrected chi connectivity index (χ0v) is 15.2. The van der Waals surface area contributed by atoms with Crippen LogP contribution in [0.15, 0.2) is 48.5 Å². The van der Waals surface area contributed by atoms with Crippen LogP contribution in [0.3, 0.4) is 0 Å². The van der Waals surface area contributed by atoms with Gasteiger partial charge >= 0.3 is 6.18 Å². The molecule has 4 nitrogen and oxygen atoms in total. The van der Waals surface area contributed by atoms with Gasteiger partial charge in [0, 0.05) is 31.3 Å². The van der Waals surface area contributed by atoms with Crippen LogP contribution in [0.2, 0.25) is 0 Å². The lowest BCUT2D eigenvalue weighted by Gasteiger charge is -2.16. The maximum atomic E-state index is 12.6. The lowest BCUT2D eigenvalue weighted by molar-refractivity contribution is -0.137. The topological polar surface area (TPSA) is 38.8 Å². The Labute approximate surface area is 155 Å². The zero-order chi connectivity index (χ0) is 20.0. The van der Waals surface area contributed by atoms with Gasteiger partial charge in [-0.3, -0.25) is 4.79 Å². The first-order valence-electron chi connectivity index (χ1n) is 8.06. The van der Waals surface area contributed by atoms with E-state index >= 15 is 0 Å². The number of amides is 1. The minimum absolute atomic E-state index is 0.195. The zero-order valence-electron chi connectivity index (χ0n) is 15.2. The summed E-state index contributed by atoms with van der Waals surface area (Å²) in [7, 11) is 4.64. The largest absolute Gasteiger partial charge is 0.497 e. The molecule has 0 aliphatic rings. The molecule has 0 saturated carbocycles. The third kappa shape index (κ3) is 5.51. The predicted octanol–water partition coefficient (Wildman–Crippen LogP) is 4.39. The smallest absolute Gasteiger partial charge is 0.416 e. The molecule has 0 aromatic heterocycles. The van der Waals surface area contributed by atoms with E-state index < -0.39 is 11.7 Å².